The molecule has 0 unspecified atom stereocenters. The third-order valence-corrected chi connectivity index (χ3v) is 4.47. The topological polar surface area (TPSA) is 32.5 Å². The Balaban J connectivity index is 4.94. The molecular formula is C13H31N3. The second kappa shape index (κ2) is 5.99. The van der Waals surface area contributed by atoms with Crippen molar-refractivity contribution in [3.8, 4) is 0 Å². The van der Waals surface area contributed by atoms with Crippen molar-refractivity contribution in [2.24, 2.45) is 5.73 Å². The second-order valence-corrected chi connectivity index (χ2v) is 5.50. The lowest BCUT2D eigenvalue weighted by Gasteiger charge is -2.53. The highest BCUT2D eigenvalue weighted by atomic mass is 15.3. The Hall–Kier alpha value is -0.120. The fraction of sp³-hybridized carbons (Fsp3) is 1.00. The molecule has 0 bridgehead atoms. The summed E-state index contributed by atoms with van der Waals surface area (Å²) in [5, 5.41) is 0. The summed E-state index contributed by atoms with van der Waals surface area (Å²) >= 11 is 0. The van der Waals surface area contributed by atoms with Crippen LogP contribution in [-0.4, -0.2) is 54.1 Å². The van der Waals surface area contributed by atoms with Gasteiger partial charge in [0, 0.05) is 24.2 Å². The molecule has 0 amide bonds. The molecule has 0 saturated carbocycles. The Morgan fingerprint density at radius 1 is 0.938 bits per heavy atom. The molecule has 0 radical (unpaired) electrons. The van der Waals surface area contributed by atoms with Crippen molar-refractivity contribution in [3.05, 3.63) is 0 Å². The molecule has 0 aliphatic heterocycles. The van der Waals surface area contributed by atoms with Crippen LogP contribution in [-0.2, 0) is 0 Å². The number of hydrogen-bond acceptors (Lipinski definition) is 3. The molecule has 2 N–H and O–H groups in total. The molecule has 0 aromatic carbocycles. The third-order valence-electron chi connectivity index (χ3n) is 4.47. The van der Waals surface area contributed by atoms with Gasteiger partial charge in [-0.2, -0.15) is 0 Å². The summed E-state index contributed by atoms with van der Waals surface area (Å²) in [6.45, 7) is 17.6. The normalized spacial score (nSPS) is 13.9. The highest BCUT2D eigenvalue weighted by Gasteiger charge is 2.42. The Kier molecular flexibility index (Phi) is 5.94. The zero-order chi connectivity index (χ0) is 13.0. The predicted molar refractivity (Wildman–Crippen MR) is 72.8 cm³/mol. The molecule has 3 heteroatoms. The predicted octanol–water partition coefficient (Wildman–Crippen LogP) is 1.78. The Morgan fingerprint density at radius 3 is 1.69 bits per heavy atom. The molecule has 0 atom stereocenters. The number of rotatable bonds is 7. The molecule has 0 aromatic rings. The van der Waals surface area contributed by atoms with E-state index >= 15 is 0 Å². The molecule has 3 nitrogen and oxygen atoms in total. The quantitative estimate of drug-likeness (QED) is 0.722. The van der Waals surface area contributed by atoms with Gasteiger partial charge in [-0.25, -0.2) is 0 Å². The van der Waals surface area contributed by atoms with E-state index in [1.54, 1.807) is 0 Å². The monoisotopic (exact) mass is 229 g/mol. The number of hydrogen-bond donors (Lipinski definition) is 1. The smallest absolute Gasteiger partial charge is 0.0331 e. The summed E-state index contributed by atoms with van der Waals surface area (Å²) in [6, 6.07) is 0. The maximum absolute atomic E-state index is 5.66. The minimum atomic E-state index is 0.110. The van der Waals surface area contributed by atoms with E-state index in [9.17, 15) is 0 Å². The fourth-order valence-corrected chi connectivity index (χ4v) is 2.34. The first-order valence-corrected chi connectivity index (χ1v) is 6.42. The van der Waals surface area contributed by atoms with Crippen LogP contribution in [0.15, 0.2) is 0 Å². The van der Waals surface area contributed by atoms with Crippen molar-refractivity contribution in [2.45, 2.75) is 52.6 Å². The average molecular weight is 229 g/mol. The SMILES string of the molecule is CCN(CC)C(C)(C)C(C)(C)N(C)CCN. The summed E-state index contributed by atoms with van der Waals surface area (Å²) in [7, 11) is 2.16. The average Bonchev–Trinajstić information content (AvgIpc) is 2.19. The van der Waals surface area contributed by atoms with Crippen LogP contribution in [0.4, 0.5) is 0 Å². The van der Waals surface area contributed by atoms with Gasteiger partial charge in [-0.15, -0.1) is 0 Å². The largest absolute Gasteiger partial charge is 0.329 e. The maximum Gasteiger partial charge on any atom is 0.0331 e. The molecule has 0 saturated heterocycles. The van der Waals surface area contributed by atoms with Gasteiger partial charge in [-0.1, -0.05) is 13.8 Å². The standard InChI is InChI=1S/C13H31N3/c1-8-16(9-2)13(5,6)12(3,4)15(7)11-10-14/h8-11,14H2,1-7H3. The van der Waals surface area contributed by atoms with E-state index in [1.807, 2.05) is 0 Å². The van der Waals surface area contributed by atoms with Gasteiger partial charge in [-0.05, 0) is 47.8 Å². The van der Waals surface area contributed by atoms with Gasteiger partial charge in [0.1, 0.15) is 0 Å². The first-order valence-electron chi connectivity index (χ1n) is 6.42. The molecule has 0 rings (SSSR count). The van der Waals surface area contributed by atoms with Crippen LogP contribution < -0.4 is 5.73 Å². The van der Waals surface area contributed by atoms with Crippen LogP contribution in [0.5, 0.6) is 0 Å². The molecule has 0 fully saturated rings. The van der Waals surface area contributed by atoms with Crippen LogP contribution >= 0.6 is 0 Å². The molecule has 0 aliphatic carbocycles. The van der Waals surface area contributed by atoms with Gasteiger partial charge in [0.05, 0.1) is 0 Å². The van der Waals surface area contributed by atoms with Gasteiger partial charge >= 0.3 is 0 Å². The highest BCUT2D eigenvalue weighted by molar-refractivity contribution is 5.01. The first-order chi connectivity index (χ1) is 7.25. The first kappa shape index (κ1) is 15.9. The lowest BCUT2D eigenvalue weighted by molar-refractivity contribution is -0.0185. The summed E-state index contributed by atoms with van der Waals surface area (Å²) in [5.41, 5.74) is 5.90. The molecule has 98 valence electrons. The summed E-state index contributed by atoms with van der Waals surface area (Å²) in [5.74, 6) is 0. The highest BCUT2D eigenvalue weighted by Crippen LogP contribution is 2.32. The van der Waals surface area contributed by atoms with Gasteiger partial charge < -0.3 is 5.73 Å². The van der Waals surface area contributed by atoms with Gasteiger partial charge in [0.25, 0.3) is 0 Å². The zero-order valence-electron chi connectivity index (χ0n) is 12.3. The van der Waals surface area contributed by atoms with E-state index in [4.69, 9.17) is 5.73 Å². The van der Waals surface area contributed by atoms with Crippen LogP contribution in [0.2, 0.25) is 0 Å². The summed E-state index contributed by atoms with van der Waals surface area (Å²) in [6.07, 6.45) is 0. The van der Waals surface area contributed by atoms with Crippen LogP contribution in [0.25, 0.3) is 0 Å². The number of likely N-dealkylation sites (N-methyl/N-ethyl adjacent to an activating group) is 2. The van der Waals surface area contributed by atoms with E-state index in [0.29, 0.717) is 6.54 Å². The molecule has 0 spiro atoms. The number of nitrogens with zero attached hydrogens (tertiary/aromatic N) is 2. The zero-order valence-corrected chi connectivity index (χ0v) is 12.3. The maximum atomic E-state index is 5.66. The number of nitrogens with two attached hydrogens (primary N) is 1. The Labute approximate surface area is 102 Å². The molecule has 0 aliphatic rings. The van der Waals surface area contributed by atoms with E-state index in [-0.39, 0.29) is 11.1 Å². The third kappa shape index (κ3) is 2.96. The Bertz CT molecular complexity index is 195. The summed E-state index contributed by atoms with van der Waals surface area (Å²) < 4.78 is 0. The van der Waals surface area contributed by atoms with Crippen LogP contribution in [0, 0.1) is 0 Å². The van der Waals surface area contributed by atoms with Gasteiger partial charge in [-0.3, -0.25) is 9.80 Å². The molecule has 0 aromatic heterocycles. The molecule has 0 heterocycles. The van der Waals surface area contributed by atoms with Crippen LogP contribution in [0.3, 0.4) is 0 Å². The van der Waals surface area contributed by atoms with Crippen molar-refractivity contribution in [2.75, 3.05) is 33.2 Å². The fourth-order valence-electron chi connectivity index (χ4n) is 2.34. The van der Waals surface area contributed by atoms with Crippen molar-refractivity contribution in [3.63, 3.8) is 0 Å². The lowest BCUT2D eigenvalue weighted by Crippen LogP contribution is -2.65. The van der Waals surface area contributed by atoms with Crippen molar-refractivity contribution in [1.29, 1.82) is 0 Å². The van der Waals surface area contributed by atoms with Crippen LogP contribution in [0.1, 0.15) is 41.5 Å². The Morgan fingerprint density at radius 2 is 1.38 bits per heavy atom. The van der Waals surface area contributed by atoms with Crippen molar-refractivity contribution >= 4 is 0 Å². The van der Waals surface area contributed by atoms with E-state index < -0.39 is 0 Å². The molecular weight excluding hydrogens is 198 g/mol. The van der Waals surface area contributed by atoms with E-state index in [0.717, 1.165) is 19.6 Å². The summed E-state index contributed by atoms with van der Waals surface area (Å²) in [4.78, 5) is 4.88. The van der Waals surface area contributed by atoms with E-state index in [1.165, 1.54) is 0 Å². The van der Waals surface area contributed by atoms with E-state index in [2.05, 4.69) is 58.4 Å². The lowest BCUT2D eigenvalue weighted by atomic mass is 9.79. The molecule has 16 heavy (non-hydrogen) atoms. The minimum absolute atomic E-state index is 0.110. The van der Waals surface area contributed by atoms with Gasteiger partial charge in [0.2, 0.25) is 0 Å². The van der Waals surface area contributed by atoms with Gasteiger partial charge in [0.15, 0.2) is 0 Å². The minimum Gasteiger partial charge on any atom is -0.329 e. The second-order valence-electron chi connectivity index (χ2n) is 5.50. The van der Waals surface area contributed by atoms with Crippen molar-refractivity contribution < 1.29 is 0 Å². The van der Waals surface area contributed by atoms with Crippen molar-refractivity contribution in [1.82, 2.24) is 9.80 Å².